The first kappa shape index (κ1) is 28.5. The van der Waals surface area contributed by atoms with Crippen molar-refractivity contribution in [2.24, 2.45) is 0 Å². The normalized spacial score (nSPS) is 11.3. The number of nitrogens with one attached hydrogen (secondary N) is 1. The molecule has 2 amide bonds. The third-order valence-electron chi connectivity index (χ3n) is 6.47. The first-order chi connectivity index (χ1) is 19.0. The molecular formula is C31H36N4O5. The van der Waals surface area contributed by atoms with E-state index in [2.05, 4.69) is 32.2 Å². The summed E-state index contributed by atoms with van der Waals surface area (Å²) in [5.74, 6) is 1.26. The van der Waals surface area contributed by atoms with E-state index in [-0.39, 0.29) is 30.3 Å². The van der Waals surface area contributed by atoms with Crippen molar-refractivity contribution in [3.8, 4) is 17.2 Å². The van der Waals surface area contributed by atoms with E-state index in [1.165, 1.54) is 25.4 Å². The lowest BCUT2D eigenvalue weighted by atomic mass is 9.92. The topological polar surface area (TPSA) is 98.8 Å². The summed E-state index contributed by atoms with van der Waals surface area (Å²) in [4.78, 5) is 28.6. The Balaban J connectivity index is 1.65. The minimum absolute atomic E-state index is 0.0996. The van der Waals surface area contributed by atoms with Crippen LogP contribution in [0.1, 0.15) is 53.7 Å². The van der Waals surface area contributed by atoms with Crippen molar-refractivity contribution in [3.63, 3.8) is 0 Å². The molecule has 0 radical (unpaired) electrons. The van der Waals surface area contributed by atoms with Crippen LogP contribution in [0.25, 0.3) is 5.69 Å². The molecule has 9 nitrogen and oxygen atoms in total. The van der Waals surface area contributed by atoms with Gasteiger partial charge in [-0.1, -0.05) is 38.5 Å². The highest BCUT2D eigenvalue weighted by Gasteiger charge is 2.25. The van der Waals surface area contributed by atoms with Crippen molar-refractivity contribution >= 4 is 17.6 Å². The highest BCUT2D eigenvalue weighted by molar-refractivity contribution is 5.99. The van der Waals surface area contributed by atoms with Crippen LogP contribution in [-0.4, -0.2) is 47.3 Å². The minimum Gasteiger partial charge on any atom is -0.497 e. The van der Waals surface area contributed by atoms with Crippen LogP contribution in [0.2, 0.25) is 0 Å². The molecule has 2 heterocycles. The van der Waals surface area contributed by atoms with Crippen molar-refractivity contribution in [1.29, 1.82) is 0 Å². The molecule has 1 N–H and O–H groups in total. The third-order valence-corrected chi connectivity index (χ3v) is 6.47. The number of aromatic nitrogens is 2. The standard InChI is InChI=1S/C31H36N4O5/c1-20-10-11-26(21(2)13-20)35-28(17-27(33-35)31(3,4)5)32-29(36)19-34(18-23-9-8-12-40-23)30(37)22-14-24(38-6)16-25(15-22)39-7/h8-17H,18-19H2,1-7H3,(H,32,36). The first-order valence-corrected chi connectivity index (χ1v) is 13.0. The van der Waals surface area contributed by atoms with Crippen molar-refractivity contribution in [2.45, 2.75) is 46.6 Å². The first-order valence-electron chi connectivity index (χ1n) is 13.0. The largest absolute Gasteiger partial charge is 0.497 e. The fourth-order valence-corrected chi connectivity index (χ4v) is 4.32. The van der Waals surface area contributed by atoms with E-state index in [1.807, 2.05) is 32.0 Å². The number of carbonyl (C=O) groups is 2. The van der Waals surface area contributed by atoms with Crippen molar-refractivity contribution in [2.75, 3.05) is 26.1 Å². The smallest absolute Gasteiger partial charge is 0.255 e. The van der Waals surface area contributed by atoms with E-state index in [1.54, 1.807) is 35.0 Å². The van der Waals surface area contributed by atoms with Gasteiger partial charge in [0.1, 0.15) is 29.6 Å². The Morgan fingerprint density at radius 3 is 2.27 bits per heavy atom. The van der Waals surface area contributed by atoms with Crippen molar-refractivity contribution in [1.82, 2.24) is 14.7 Å². The van der Waals surface area contributed by atoms with Gasteiger partial charge in [0.2, 0.25) is 5.91 Å². The average molecular weight is 545 g/mol. The zero-order chi connectivity index (χ0) is 29.0. The third kappa shape index (κ3) is 6.54. The zero-order valence-corrected chi connectivity index (χ0v) is 24.1. The molecule has 9 heteroatoms. The van der Waals surface area contributed by atoms with E-state index in [0.717, 1.165) is 22.5 Å². The van der Waals surface area contributed by atoms with Crippen LogP contribution in [0.15, 0.2) is 65.3 Å². The van der Waals surface area contributed by atoms with Crippen LogP contribution < -0.4 is 14.8 Å². The summed E-state index contributed by atoms with van der Waals surface area (Å²) in [6.45, 7) is 10.1. The molecule has 2 aromatic carbocycles. The lowest BCUT2D eigenvalue weighted by Gasteiger charge is -2.22. The predicted octanol–water partition coefficient (Wildman–Crippen LogP) is 5.68. The summed E-state index contributed by atoms with van der Waals surface area (Å²) in [6.07, 6.45) is 1.53. The van der Waals surface area contributed by atoms with Gasteiger partial charge in [-0.05, 0) is 49.7 Å². The van der Waals surface area contributed by atoms with E-state index >= 15 is 0 Å². The van der Waals surface area contributed by atoms with Crippen molar-refractivity contribution < 1.29 is 23.5 Å². The summed E-state index contributed by atoms with van der Waals surface area (Å²) in [5, 5.41) is 7.83. The molecule has 0 atom stereocenters. The van der Waals surface area contributed by atoms with Gasteiger partial charge in [-0.3, -0.25) is 9.59 Å². The molecular weight excluding hydrogens is 508 g/mol. The molecule has 210 valence electrons. The summed E-state index contributed by atoms with van der Waals surface area (Å²) >= 11 is 0. The molecule has 0 aliphatic rings. The van der Waals surface area contributed by atoms with Crippen LogP contribution in [0.3, 0.4) is 0 Å². The number of nitrogens with zero attached hydrogens (tertiary/aromatic N) is 3. The second kappa shape index (κ2) is 11.7. The number of furan rings is 1. The van der Waals surface area contributed by atoms with Gasteiger partial charge in [-0.25, -0.2) is 4.68 Å². The van der Waals surface area contributed by atoms with Gasteiger partial charge in [0.05, 0.1) is 38.4 Å². The maximum Gasteiger partial charge on any atom is 0.255 e. The van der Waals surface area contributed by atoms with E-state index < -0.39 is 0 Å². The van der Waals surface area contributed by atoms with E-state index in [9.17, 15) is 9.59 Å². The number of carbonyl (C=O) groups excluding carboxylic acids is 2. The molecule has 2 aromatic heterocycles. The number of aryl methyl sites for hydroxylation is 2. The number of ether oxygens (including phenoxy) is 2. The van der Waals surface area contributed by atoms with Crippen LogP contribution in [0.4, 0.5) is 5.82 Å². The summed E-state index contributed by atoms with van der Waals surface area (Å²) in [5.41, 5.74) is 3.94. The molecule has 0 saturated carbocycles. The average Bonchev–Trinajstić information content (AvgIpc) is 3.57. The maximum atomic E-state index is 13.7. The Hall–Kier alpha value is -4.53. The van der Waals surface area contributed by atoms with Crippen LogP contribution >= 0.6 is 0 Å². The molecule has 4 rings (SSSR count). The Morgan fingerprint density at radius 1 is 1.00 bits per heavy atom. The molecule has 0 spiro atoms. The second-order valence-corrected chi connectivity index (χ2v) is 10.8. The number of amides is 2. The highest BCUT2D eigenvalue weighted by atomic mass is 16.5. The van der Waals surface area contributed by atoms with Gasteiger partial charge in [-0.2, -0.15) is 5.10 Å². The molecule has 4 aromatic rings. The van der Waals surface area contributed by atoms with Crippen molar-refractivity contribution in [3.05, 3.63) is 89.0 Å². The highest BCUT2D eigenvalue weighted by Crippen LogP contribution is 2.28. The van der Waals surface area contributed by atoms with Gasteiger partial charge in [0, 0.05) is 23.1 Å². The minimum atomic E-state index is -0.374. The summed E-state index contributed by atoms with van der Waals surface area (Å²) in [7, 11) is 3.03. The summed E-state index contributed by atoms with van der Waals surface area (Å²) in [6, 6.07) is 16.4. The molecule has 0 aliphatic carbocycles. The van der Waals surface area contributed by atoms with Gasteiger partial charge in [-0.15, -0.1) is 0 Å². The maximum absolute atomic E-state index is 13.7. The Bertz CT molecular complexity index is 1480. The zero-order valence-electron chi connectivity index (χ0n) is 24.1. The number of hydrogen-bond acceptors (Lipinski definition) is 6. The SMILES string of the molecule is COc1cc(OC)cc(C(=O)N(CC(=O)Nc2cc(C(C)(C)C)nn2-c2ccc(C)cc2C)Cc2ccco2)c1. The number of anilines is 1. The molecule has 40 heavy (non-hydrogen) atoms. The van der Waals surface area contributed by atoms with E-state index in [0.29, 0.717) is 28.6 Å². The van der Waals surface area contributed by atoms with Gasteiger partial charge < -0.3 is 24.1 Å². The van der Waals surface area contributed by atoms with E-state index in [4.69, 9.17) is 19.0 Å². The van der Waals surface area contributed by atoms with Gasteiger partial charge in [0.15, 0.2) is 0 Å². The quantitative estimate of drug-likeness (QED) is 0.291. The second-order valence-electron chi connectivity index (χ2n) is 10.8. The van der Waals surface area contributed by atoms with Crippen LogP contribution in [0.5, 0.6) is 11.5 Å². The molecule has 0 unspecified atom stereocenters. The number of methoxy groups -OCH3 is 2. The molecule has 0 fully saturated rings. The molecule has 0 aliphatic heterocycles. The lowest BCUT2D eigenvalue weighted by molar-refractivity contribution is -0.117. The van der Waals surface area contributed by atoms with Gasteiger partial charge in [0.25, 0.3) is 5.91 Å². The number of benzene rings is 2. The molecule has 0 bridgehead atoms. The van der Waals surface area contributed by atoms with Crippen LogP contribution in [0, 0.1) is 13.8 Å². The Kier molecular flexibility index (Phi) is 8.32. The summed E-state index contributed by atoms with van der Waals surface area (Å²) < 4.78 is 17.9. The Morgan fingerprint density at radius 2 is 1.70 bits per heavy atom. The monoisotopic (exact) mass is 544 g/mol. The number of rotatable bonds is 9. The fraction of sp³-hybridized carbons (Fsp3) is 0.323. The van der Waals surface area contributed by atoms with Crippen LogP contribution in [-0.2, 0) is 16.8 Å². The van der Waals surface area contributed by atoms with Gasteiger partial charge >= 0.3 is 0 Å². The Labute approximate surface area is 234 Å². The fourth-order valence-electron chi connectivity index (χ4n) is 4.32. The lowest BCUT2D eigenvalue weighted by Crippen LogP contribution is -2.37. The molecule has 0 saturated heterocycles. The predicted molar refractivity (Wildman–Crippen MR) is 153 cm³/mol. The number of hydrogen-bond donors (Lipinski definition) is 1.